The number of aromatic nitrogens is 2. The van der Waals surface area contributed by atoms with Crippen molar-refractivity contribution in [2.24, 2.45) is 5.92 Å². The molecule has 0 aliphatic carbocycles. The number of amides is 1. The van der Waals surface area contributed by atoms with Crippen LogP contribution in [0, 0.1) is 5.92 Å². The first kappa shape index (κ1) is 17.7. The van der Waals surface area contributed by atoms with E-state index in [9.17, 15) is 4.79 Å². The lowest BCUT2D eigenvalue weighted by Gasteiger charge is -2.32. The molecule has 0 spiro atoms. The van der Waals surface area contributed by atoms with E-state index < -0.39 is 0 Å². The van der Waals surface area contributed by atoms with Crippen LogP contribution in [0.5, 0.6) is 0 Å². The molecule has 2 aromatic rings. The predicted molar refractivity (Wildman–Crippen MR) is 101 cm³/mol. The van der Waals surface area contributed by atoms with Gasteiger partial charge in [-0.25, -0.2) is 0 Å². The summed E-state index contributed by atoms with van der Waals surface area (Å²) in [7, 11) is 0. The van der Waals surface area contributed by atoms with E-state index in [1.807, 2.05) is 36.4 Å². The van der Waals surface area contributed by atoms with E-state index in [1.165, 1.54) is 0 Å². The number of piperidine rings is 1. The van der Waals surface area contributed by atoms with Crippen LogP contribution in [0.1, 0.15) is 26.2 Å². The zero-order chi connectivity index (χ0) is 17.6. The number of hydrogen-bond donors (Lipinski definition) is 1. The topological polar surface area (TPSA) is 58.1 Å². The second-order valence-corrected chi connectivity index (χ2v) is 6.80. The molecule has 0 bridgehead atoms. The van der Waals surface area contributed by atoms with Gasteiger partial charge in [-0.15, -0.1) is 10.2 Å². The Kier molecular flexibility index (Phi) is 5.87. The summed E-state index contributed by atoms with van der Waals surface area (Å²) in [4.78, 5) is 14.4. The summed E-state index contributed by atoms with van der Waals surface area (Å²) in [6.07, 6.45) is 2.88. The van der Waals surface area contributed by atoms with Crippen molar-refractivity contribution in [1.82, 2.24) is 15.5 Å². The monoisotopic (exact) mass is 358 g/mol. The van der Waals surface area contributed by atoms with Gasteiger partial charge < -0.3 is 10.2 Å². The number of carbonyl (C=O) groups is 1. The molecule has 1 atom stereocenters. The summed E-state index contributed by atoms with van der Waals surface area (Å²) < 4.78 is 0. The van der Waals surface area contributed by atoms with E-state index in [4.69, 9.17) is 11.6 Å². The Morgan fingerprint density at radius 1 is 1.24 bits per heavy atom. The van der Waals surface area contributed by atoms with Crippen LogP contribution in [-0.4, -0.2) is 35.7 Å². The second-order valence-electron chi connectivity index (χ2n) is 6.36. The lowest BCUT2D eigenvalue weighted by molar-refractivity contribution is -0.125. The smallest absolute Gasteiger partial charge is 0.224 e. The third-order valence-electron chi connectivity index (χ3n) is 4.46. The van der Waals surface area contributed by atoms with Gasteiger partial charge in [-0.3, -0.25) is 4.79 Å². The van der Waals surface area contributed by atoms with Crippen LogP contribution < -0.4 is 10.2 Å². The van der Waals surface area contributed by atoms with E-state index in [0.29, 0.717) is 11.6 Å². The number of halogens is 1. The number of rotatable bonds is 5. The molecule has 25 heavy (non-hydrogen) atoms. The van der Waals surface area contributed by atoms with Crippen molar-refractivity contribution < 1.29 is 4.79 Å². The van der Waals surface area contributed by atoms with Gasteiger partial charge in [0.2, 0.25) is 5.91 Å². The highest BCUT2D eigenvalue weighted by atomic mass is 35.5. The molecule has 5 nitrogen and oxygen atoms in total. The maximum Gasteiger partial charge on any atom is 0.224 e. The Morgan fingerprint density at radius 3 is 2.72 bits per heavy atom. The number of benzene rings is 1. The number of carbonyl (C=O) groups excluding carboxylic acids is 1. The Balaban J connectivity index is 1.67. The lowest BCUT2D eigenvalue weighted by atomic mass is 9.97. The molecule has 3 rings (SSSR count). The van der Waals surface area contributed by atoms with Crippen LogP contribution >= 0.6 is 11.6 Å². The number of hydrogen-bond acceptors (Lipinski definition) is 4. The third-order valence-corrected chi connectivity index (χ3v) is 4.71. The maximum absolute atomic E-state index is 12.2. The van der Waals surface area contributed by atoms with Gasteiger partial charge in [0.1, 0.15) is 0 Å². The summed E-state index contributed by atoms with van der Waals surface area (Å²) >= 11 is 5.92. The Morgan fingerprint density at radius 2 is 2.04 bits per heavy atom. The standard InChI is InChI=1S/C19H23ClN4O/c1-2-11-21-19(25)15-4-3-12-24(13-15)18-10-9-17(22-23-18)14-5-7-16(20)8-6-14/h5-10,15H,2-4,11-13H2,1H3,(H,21,25). The van der Waals surface area contributed by atoms with Crippen LogP contribution in [0.25, 0.3) is 11.3 Å². The molecule has 1 aromatic heterocycles. The van der Waals surface area contributed by atoms with Gasteiger partial charge in [0, 0.05) is 30.2 Å². The highest BCUT2D eigenvalue weighted by Gasteiger charge is 2.26. The van der Waals surface area contributed by atoms with Gasteiger partial charge in [-0.2, -0.15) is 0 Å². The Hall–Kier alpha value is -2.14. The van der Waals surface area contributed by atoms with E-state index in [1.54, 1.807) is 0 Å². The summed E-state index contributed by atoms with van der Waals surface area (Å²) in [5.74, 6) is 1.00. The number of nitrogens with one attached hydrogen (secondary N) is 1. The SMILES string of the molecule is CCCNC(=O)C1CCCN(c2ccc(-c3ccc(Cl)cc3)nn2)C1. The molecule has 1 saturated heterocycles. The highest BCUT2D eigenvalue weighted by Crippen LogP contribution is 2.24. The molecule has 1 aliphatic rings. The van der Waals surface area contributed by atoms with Crippen molar-refractivity contribution in [3.63, 3.8) is 0 Å². The van der Waals surface area contributed by atoms with Crippen molar-refractivity contribution in [1.29, 1.82) is 0 Å². The number of anilines is 1. The van der Waals surface area contributed by atoms with Gasteiger partial charge in [-0.1, -0.05) is 30.7 Å². The average molecular weight is 359 g/mol. The molecular formula is C19H23ClN4O. The van der Waals surface area contributed by atoms with Gasteiger partial charge in [0.15, 0.2) is 5.82 Å². The Bertz CT molecular complexity index is 702. The second kappa shape index (κ2) is 8.30. The molecule has 2 heterocycles. The summed E-state index contributed by atoms with van der Waals surface area (Å²) in [6.45, 7) is 4.41. The predicted octanol–water partition coefficient (Wildman–Crippen LogP) is 3.54. The normalized spacial score (nSPS) is 17.4. The summed E-state index contributed by atoms with van der Waals surface area (Å²) in [5, 5.41) is 12.4. The molecule has 1 aromatic carbocycles. The molecule has 132 valence electrons. The van der Waals surface area contributed by atoms with Crippen LogP contribution in [0.4, 0.5) is 5.82 Å². The molecular weight excluding hydrogens is 336 g/mol. The summed E-state index contributed by atoms with van der Waals surface area (Å²) in [6, 6.07) is 11.5. The van der Waals surface area contributed by atoms with Crippen molar-refractivity contribution in [2.75, 3.05) is 24.5 Å². The number of nitrogens with zero attached hydrogens (tertiary/aromatic N) is 3. The van der Waals surface area contributed by atoms with Crippen LogP contribution in [0.3, 0.4) is 0 Å². The maximum atomic E-state index is 12.2. The van der Waals surface area contributed by atoms with Crippen LogP contribution in [0.2, 0.25) is 5.02 Å². The van der Waals surface area contributed by atoms with Crippen LogP contribution in [0.15, 0.2) is 36.4 Å². The molecule has 1 N–H and O–H groups in total. The van der Waals surface area contributed by atoms with Gasteiger partial charge in [0.05, 0.1) is 11.6 Å². The highest BCUT2D eigenvalue weighted by molar-refractivity contribution is 6.30. The minimum Gasteiger partial charge on any atom is -0.356 e. The molecule has 0 radical (unpaired) electrons. The fraction of sp³-hybridized carbons (Fsp3) is 0.421. The summed E-state index contributed by atoms with van der Waals surface area (Å²) in [5.41, 5.74) is 1.80. The Labute approximate surface area is 153 Å². The zero-order valence-corrected chi connectivity index (χ0v) is 15.2. The van der Waals surface area contributed by atoms with Crippen molar-refractivity contribution in [3.05, 3.63) is 41.4 Å². The molecule has 6 heteroatoms. The quantitative estimate of drug-likeness (QED) is 0.888. The first-order chi connectivity index (χ1) is 12.2. The van der Waals surface area contributed by atoms with E-state index in [2.05, 4.69) is 27.3 Å². The third kappa shape index (κ3) is 4.48. The largest absolute Gasteiger partial charge is 0.356 e. The minimum absolute atomic E-state index is 0.0260. The van der Waals surface area contributed by atoms with E-state index >= 15 is 0 Å². The van der Waals surface area contributed by atoms with Crippen molar-refractivity contribution >= 4 is 23.3 Å². The van der Waals surface area contributed by atoms with Crippen molar-refractivity contribution in [3.8, 4) is 11.3 Å². The first-order valence-corrected chi connectivity index (χ1v) is 9.17. The van der Waals surface area contributed by atoms with Gasteiger partial charge >= 0.3 is 0 Å². The lowest BCUT2D eigenvalue weighted by Crippen LogP contribution is -2.43. The zero-order valence-electron chi connectivity index (χ0n) is 14.4. The fourth-order valence-electron chi connectivity index (χ4n) is 3.06. The van der Waals surface area contributed by atoms with Crippen LogP contribution in [-0.2, 0) is 4.79 Å². The van der Waals surface area contributed by atoms with Crippen molar-refractivity contribution in [2.45, 2.75) is 26.2 Å². The van der Waals surface area contributed by atoms with E-state index in [-0.39, 0.29) is 11.8 Å². The molecule has 0 saturated carbocycles. The fourth-order valence-corrected chi connectivity index (χ4v) is 3.19. The van der Waals surface area contributed by atoms with E-state index in [0.717, 1.165) is 49.4 Å². The molecule has 1 amide bonds. The molecule has 1 fully saturated rings. The van der Waals surface area contributed by atoms with Gasteiger partial charge in [-0.05, 0) is 43.5 Å². The minimum atomic E-state index is 0.0260. The van der Waals surface area contributed by atoms with Gasteiger partial charge in [0.25, 0.3) is 0 Å². The first-order valence-electron chi connectivity index (χ1n) is 8.79. The average Bonchev–Trinajstić information content (AvgIpc) is 2.67. The molecule has 1 unspecified atom stereocenters. The molecule has 1 aliphatic heterocycles.